The third-order valence-electron chi connectivity index (χ3n) is 4.89. The number of benzene rings is 2. The van der Waals surface area contributed by atoms with Crippen LogP contribution in [0.5, 0.6) is 0 Å². The molecule has 2 heterocycles. The molecule has 1 saturated carbocycles. The molecule has 0 aliphatic heterocycles. The van der Waals surface area contributed by atoms with Crippen LogP contribution in [0.2, 0.25) is 0 Å². The lowest BCUT2D eigenvalue weighted by Gasteiger charge is -2.09. The minimum Gasteiger partial charge on any atom is -0.455 e. The molecule has 0 amide bonds. The van der Waals surface area contributed by atoms with E-state index in [0.717, 1.165) is 47.6 Å². The van der Waals surface area contributed by atoms with Gasteiger partial charge in [0.2, 0.25) is 0 Å². The topological polar surface area (TPSA) is 26.0 Å². The maximum absolute atomic E-state index is 8.68. The summed E-state index contributed by atoms with van der Waals surface area (Å²) in [6.45, 7) is 0. The van der Waals surface area contributed by atoms with Gasteiger partial charge in [-0.2, -0.15) is 0 Å². The fraction of sp³-hybridized carbons (Fsp3) is 0.227. The molecule has 0 atom stereocenters. The summed E-state index contributed by atoms with van der Waals surface area (Å²) in [7, 11) is 0. The lowest BCUT2D eigenvalue weighted by molar-refractivity contribution is 0.669. The summed E-state index contributed by atoms with van der Waals surface area (Å²) in [4.78, 5) is 4.53. The second-order valence-corrected chi connectivity index (χ2v) is 6.36. The predicted molar refractivity (Wildman–Crippen MR) is 98.2 cm³/mol. The van der Waals surface area contributed by atoms with Crippen LogP contribution >= 0.6 is 0 Å². The van der Waals surface area contributed by atoms with Gasteiger partial charge in [-0.25, -0.2) is 0 Å². The van der Waals surface area contributed by atoms with E-state index in [1.807, 2.05) is 42.5 Å². The Kier molecular flexibility index (Phi) is 2.52. The minimum absolute atomic E-state index is 0.0685. The number of rotatable bonds is 2. The van der Waals surface area contributed by atoms with Gasteiger partial charge in [-0.1, -0.05) is 49.2 Å². The van der Waals surface area contributed by atoms with Gasteiger partial charge >= 0.3 is 0 Å². The zero-order valence-electron chi connectivity index (χ0n) is 16.3. The van der Waals surface area contributed by atoms with Crippen LogP contribution in [0.1, 0.15) is 41.3 Å². The van der Waals surface area contributed by atoms with Crippen molar-refractivity contribution in [3.8, 4) is 11.3 Å². The molecule has 5 rings (SSSR count). The molecule has 0 bridgehead atoms. The summed E-state index contributed by atoms with van der Waals surface area (Å²) in [5.74, 6) is -0.774. The summed E-state index contributed by atoms with van der Waals surface area (Å²) >= 11 is 0. The highest BCUT2D eigenvalue weighted by molar-refractivity contribution is 6.09. The summed E-state index contributed by atoms with van der Waals surface area (Å²) < 4.78 is 31.8. The fourth-order valence-corrected chi connectivity index (χ4v) is 3.64. The molecule has 0 spiro atoms. The molecule has 2 heteroatoms. The van der Waals surface area contributed by atoms with E-state index in [1.54, 1.807) is 6.20 Å². The molecule has 2 aromatic heterocycles. The van der Waals surface area contributed by atoms with Crippen LogP contribution in [0.15, 0.2) is 65.2 Å². The van der Waals surface area contributed by atoms with Crippen LogP contribution in [0.25, 0.3) is 33.2 Å². The highest BCUT2D eigenvalue weighted by Crippen LogP contribution is 2.37. The molecule has 1 fully saturated rings. The molecule has 0 N–H and O–H groups in total. The average molecular weight is 316 g/mol. The fourth-order valence-electron chi connectivity index (χ4n) is 3.64. The maximum atomic E-state index is 8.68. The van der Waals surface area contributed by atoms with Crippen molar-refractivity contribution in [1.82, 2.24) is 4.98 Å². The molecule has 1 aliphatic carbocycles. The quantitative estimate of drug-likeness (QED) is 0.433. The summed E-state index contributed by atoms with van der Waals surface area (Å²) in [5.41, 5.74) is 3.22. The van der Waals surface area contributed by atoms with Crippen LogP contribution in [-0.2, 0) is 0 Å². The molecule has 4 aromatic rings. The Morgan fingerprint density at radius 2 is 1.83 bits per heavy atom. The van der Waals surface area contributed by atoms with E-state index in [0.29, 0.717) is 16.8 Å². The van der Waals surface area contributed by atoms with Crippen LogP contribution in [0.3, 0.4) is 0 Å². The zero-order valence-corrected chi connectivity index (χ0v) is 13.3. The van der Waals surface area contributed by atoms with Crippen molar-refractivity contribution in [1.29, 1.82) is 0 Å². The summed E-state index contributed by atoms with van der Waals surface area (Å²) in [6.07, 6.45) is 5.10. The number of aromatic nitrogens is 1. The number of furan rings is 1. The van der Waals surface area contributed by atoms with Gasteiger partial charge in [0.05, 0.1) is 8.44 Å². The highest BCUT2D eigenvalue weighted by Gasteiger charge is 2.18. The smallest absolute Gasteiger partial charge is 0.144 e. The zero-order chi connectivity index (χ0) is 18.6. The van der Waals surface area contributed by atoms with Crippen molar-refractivity contribution >= 4 is 21.9 Å². The van der Waals surface area contributed by atoms with Gasteiger partial charge in [0.15, 0.2) is 0 Å². The first kappa shape index (κ1) is 11.0. The van der Waals surface area contributed by atoms with Crippen molar-refractivity contribution in [3.05, 3.63) is 66.3 Å². The number of para-hydroxylation sites is 2. The highest BCUT2D eigenvalue weighted by atomic mass is 16.3. The van der Waals surface area contributed by atoms with Crippen molar-refractivity contribution in [2.75, 3.05) is 0 Å². The van der Waals surface area contributed by atoms with Crippen LogP contribution in [0, 0.1) is 0 Å². The van der Waals surface area contributed by atoms with E-state index >= 15 is 0 Å². The molecule has 118 valence electrons. The van der Waals surface area contributed by atoms with E-state index in [9.17, 15) is 0 Å². The van der Waals surface area contributed by atoms with Crippen molar-refractivity contribution in [3.63, 3.8) is 0 Å². The van der Waals surface area contributed by atoms with Crippen molar-refractivity contribution in [2.45, 2.75) is 31.6 Å². The monoisotopic (exact) mass is 316 g/mol. The van der Waals surface area contributed by atoms with Gasteiger partial charge in [0.25, 0.3) is 0 Å². The lowest BCUT2D eigenvalue weighted by Crippen LogP contribution is -1.94. The lowest BCUT2D eigenvalue weighted by atomic mass is 9.98. The Hall–Kier alpha value is -2.61. The molecular weight excluding hydrogens is 294 g/mol. The van der Waals surface area contributed by atoms with Gasteiger partial charge in [0, 0.05) is 23.9 Å². The first-order chi connectivity index (χ1) is 13.1. The maximum Gasteiger partial charge on any atom is 0.144 e. The first-order valence-corrected chi connectivity index (χ1v) is 8.46. The van der Waals surface area contributed by atoms with Gasteiger partial charge in [-0.15, -0.1) is 0 Å². The predicted octanol–water partition coefficient (Wildman–Crippen LogP) is 6.31. The molecule has 2 nitrogen and oxygen atoms in total. The molecule has 0 saturated heterocycles. The third-order valence-corrected chi connectivity index (χ3v) is 4.89. The first-order valence-electron chi connectivity index (χ1n) is 9.96. The van der Waals surface area contributed by atoms with E-state index < -0.39 is 5.89 Å². The SMILES string of the molecule is [2H]c1c(C2([2H])CCCC2)cnc(-c2cccc3c2oc2ccccc23)c1[2H]. The van der Waals surface area contributed by atoms with E-state index in [-0.39, 0.29) is 12.1 Å². The molecule has 0 radical (unpaired) electrons. The van der Waals surface area contributed by atoms with Gasteiger partial charge in [-0.05, 0) is 42.5 Å². The number of hydrogen-bond acceptors (Lipinski definition) is 2. The Balaban J connectivity index is 1.72. The largest absolute Gasteiger partial charge is 0.455 e. The standard InChI is InChI=1S/C22H19NO/c1-2-7-15(6-1)16-12-13-20(23-14-16)19-10-5-9-18-17-8-3-4-11-21(17)24-22(18)19/h3-5,8-15H,1-2,6-7H2/i12D,13D,15D. The van der Waals surface area contributed by atoms with Crippen LogP contribution in [-0.4, -0.2) is 4.98 Å². The van der Waals surface area contributed by atoms with Gasteiger partial charge in [0.1, 0.15) is 11.2 Å². The normalized spacial score (nSPS) is 18.6. The average Bonchev–Trinajstić information content (AvgIpc) is 3.28. The van der Waals surface area contributed by atoms with Crippen molar-refractivity contribution in [2.24, 2.45) is 0 Å². The van der Waals surface area contributed by atoms with Crippen LogP contribution < -0.4 is 0 Å². The summed E-state index contributed by atoms with van der Waals surface area (Å²) in [6, 6.07) is 13.9. The minimum atomic E-state index is -0.774. The van der Waals surface area contributed by atoms with Gasteiger partial charge in [-0.3, -0.25) is 4.98 Å². The molecule has 0 unspecified atom stereocenters. The molecule has 2 aromatic carbocycles. The van der Waals surface area contributed by atoms with Crippen molar-refractivity contribution < 1.29 is 8.53 Å². The Morgan fingerprint density at radius 3 is 2.75 bits per heavy atom. The Labute approximate surface area is 145 Å². The number of hydrogen-bond donors (Lipinski definition) is 0. The van der Waals surface area contributed by atoms with E-state index in [1.165, 1.54) is 0 Å². The molecule has 24 heavy (non-hydrogen) atoms. The number of fused-ring (bicyclic) bond motifs is 3. The second-order valence-electron chi connectivity index (χ2n) is 6.36. The van der Waals surface area contributed by atoms with E-state index in [2.05, 4.69) is 4.98 Å². The van der Waals surface area contributed by atoms with Gasteiger partial charge < -0.3 is 4.42 Å². The summed E-state index contributed by atoms with van der Waals surface area (Å²) in [5, 5.41) is 2.01. The Morgan fingerprint density at radius 1 is 1.00 bits per heavy atom. The van der Waals surface area contributed by atoms with Crippen LogP contribution in [0.4, 0.5) is 0 Å². The number of pyridine rings is 1. The Bertz CT molecular complexity index is 1180. The second kappa shape index (κ2) is 5.48. The molecule has 1 aliphatic rings. The van der Waals surface area contributed by atoms with E-state index in [4.69, 9.17) is 8.53 Å². The molecular formula is C22H19NO. The number of nitrogens with zero attached hydrogens (tertiary/aromatic N) is 1. The third kappa shape index (κ3) is 2.14.